The minimum Gasteiger partial charge on any atom is -0.481 e. The molecule has 1 aliphatic rings. The molecule has 1 fully saturated rings. The van der Waals surface area contributed by atoms with Crippen molar-refractivity contribution in [2.24, 2.45) is 11.3 Å². The van der Waals surface area contributed by atoms with Gasteiger partial charge >= 0.3 is 12.1 Å². The number of alkyl halides is 3. The van der Waals surface area contributed by atoms with Crippen LogP contribution in [0.15, 0.2) is 0 Å². The first-order chi connectivity index (χ1) is 9.29. The van der Waals surface area contributed by atoms with E-state index >= 15 is 0 Å². The molecule has 20 heavy (non-hydrogen) atoms. The highest BCUT2D eigenvalue weighted by atomic mass is 19.4. The van der Waals surface area contributed by atoms with Crippen molar-refractivity contribution in [3.63, 3.8) is 0 Å². The first-order valence-electron chi connectivity index (χ1n) is 7.17. The Bertz CT molecular complexity index is 307. The third-order valence-corrected chi connectivity index (χ3v) is 4.30. The average Bonchev–Trinajstić information content (AvgIpc) is 2.37. The molecule has 0 spiro atoms. The molecule has 6 heteroatoms. The topological polar surface area (TPSA) is 46.5 Å². The predicted octanol–water partition coefficient (Wildman–Crippen LogP) is 4.02. The fraction of sp³-hybridized carbons (Fsp3) is 0.929. The predicted molar refractivity (Wildman–Crippen MR) is 68.4 cm³/mol. The number of carboxylic acid groups (broad SMARTS) is 1. The Morgan fingerprint density at radius 2 is 1.95 bits per heavy atom. The van der Waals surface area contributed by atoms with Crippen LogP contribution >= 0.6 is 0 Å². The van der Waals surface area contributed by atoms with E-state index in [0.717, 1.165) is 19.3 Å². The van der Waals surface area contributed by atoms with Gasteiger partial charge in [0.25, 0.3) is 0 Å². The second-order valence-electron chi connectivity index (χ2n) is 5.71. The van der Waals surface area contributed by atoms with Crippen molar-refractivity contribution in [1.29, 1.82) is 0 Å². The van der Waals surface area contributed by atoms with Gasteiger partial charge in [-0.3, -0.25) is 4.79 Å². The zero-order valence-electron chi connectivity index (χ0n) is 11.8. The Labute approximate surface area is 117 Å². The summed E-state index contributed by atoms with van der Waals surface area (Å²) in [5, 5.41) is 9.41. The molecule has 0 saturated heterocycles. The highest BCUT2D eigenvalue weighted by Crippen LogP contribution is 2.43. The first-order valence-corrected chi connectivity index (χ1v) is 7.17. The third-order valence-electron chi connectivity index (χ3n) is 4.30. The van der Waals surface area contributed by atoms with Crippen molar-refractivity contribution >= 4 is 5.97 Å². The lowest BCUT2D eigenvalue weighted by Crippen LogP contribution is -2.35. The van der Waals surface area contributed by atoms with Gasteiger partial charge in [0.15, 0.2) is 0 Å². The molecule has 0 heterocycles. The zero-order valence-corrected chi connectivity index (χ0v) is 11.8. The van der Waals surface area contributed by atoms with Crippen LogP contribution in [0.25, 0.3) is 0 Å². The molecule has 0 aromatic rings. The summed E-state index contributed by atoms with van der Waals surface area (Å²) in [7, 11) is 0. The van der Waals surface area contributed by atoms with Gasteiger partial charge in [0, 0.05) is 6.61 Å². The lowest BCUT2D eigenvalue weighted by molar-refractivity contribution is -0.175. The smallest absolute Gasteiger partial charge is 0.411 e. The molecule has 1 rings (SSSR count). The summed E-state index contributed by atoms with van der Waals surface area (Å²) in [4.78, 5) is 11.5. The molecule has 1 aliphatic carbocycles. The number of halogens is 3. The summed E-state index contributed by atoms with van der Waals surface area (Å²) < 4.78 is 40.3. The number of hydrogen-bond acceptors (Lipinski definition) is 2. The van der Waals surface area contributed by atoms with Crippen LogP contribution in [-0.2, 0) is 9.53 Å². The Kier molecular flexibility index (Phi) is 6.30. The van der Waals surface area contributed by atoms with Crippen LogP contribution in [0.4, 0.5) is 13.2 Å². The Balaban J connectivity index is 2.35. The highest BCUT2D eigenvalue weighted by molar-refractivity contribution is 5.74. The summed E-state index contributed by atoms with van der Waals surface area (Å²) in [6, 6.07) is 0. The minimum atomic E-state index is -4.32. The van der Waals surface area contributed by atoms with Crippen molar-refractivity contribution < 1.29 is 27.8 Å². The lowest BCUT2D eigenvalue weighted by atomic mass is 9.67. The van der Waals surface area contributed by atoms with E-state index in [1.54, 1.807) is 0 Å². The highest BCUT2D eigenvalue weighted by Gasteiger charge is 2.41. The van der Waals surface area contributed by atoms with Crippen molar-refractivity contribution in [1.82, 2.24) is 0 Å². The summed E-state index contributed by atoms with van der Waals surface area (Å²) in [6.45, 7) is 0.806. The summed E-state index contributed by atoms with van der Waals surface area (Å²) in [6.07, 6.45) is 0.544. The summed E-state index contributed by atoms with van der Waals surface area (Å²) in [5.74, 6) is -0.230. The standard InChI is InChI=1S/C14H23F3O3/c1-2-11-4-7-13(8-5-11,12(18)19)6-3-9-20-10-14(15,16)17/h11H,2-10H2,1H3,(H,18,19). The van der Waals surface area contributed by atoms with Crippen molar-refractivity contribution in [2.75, 3.05) is 13.2 Å². The molecule has 118 valence electrons. The van der Waals surface area contributed by atoms with Gasteiger partial charge in [-0.05, 0) is 44.4 Å². The second-order valence-corrected chi connectivity index (χ2v) is 5.71. The molecular formula is C14H23F3O3. The van der Waals surface area contributed by atoms with E-state index in [1.165, 1.54) is 0 Å². The molecule has 0 radical (unpaired) electrons. The normalized spacial score (nSPS) is 27.5. The van der Waals surface area contributed by atoms with Crippen LogP contribution in [0, 0.1) is 11.3 Å². The van der Waals surface area contributed by atoms with Crippen LogP contribution in [0.5, 0.6) is 0 Å². The van der Waals surface area contributed by atoms with E-state index in [2.05, 4.69) is 11.7 Å². The van der Waals surface area contributed by atoms with Gasteiger partial charge in [-0.1, -0.05) is 13.3 Å². The molecule has 0 atom stereocenters. The molecule has 0 unspecified atom stereocenters. The second kappa shape index (κ2) is 7.29. The van der Waals surface area contributed by atoms with Gasteiger partial charge in [0.2, 0.25) is 0 Å². The van der Waals surface area contributed by atoms with E-state index in [1.807, 2.05) is 0 Å². The molecule has 0 aromatic heterocycles. The van der Waals surface area contributed by atoms with Gasteiger partial charge < -0.3 is 9.84 Å². The van der Waals surface area contributed by atoms with Crippen molar-refractivity contribution in [3.8, 4) is 0 Å². The monoisotopic (exact) mass is 296 g/mol. The quantitative estimate of drug-likeness (QED) is 0.722. The minimum absolute atomic E-state index is 0.0360. The van der Waals surface area contributed by atoms with E-state index < -0.39 is 24.2 Å². The maximum Gasteiger partial charge on any atom is 0.411 e. The maximum absolute atomic E-state index is 11.9. The number of aliphatic carboxylic acids is 1. The molecule has 0 bridgehead atoms. The fourth-order valence-corrected chi connectivity index (χ4v) is 2.91. The summed E-state index contributed by atoms with van der Waals surface area (Å²) >= 11 is 0. The van der Waals surface area contributed by atoms with Gasteiger partial charge in [-0.25, -0.2) is 0 Å². The lowest BCUT2D eigenvalue weighted by Gasteiger charge is -2.36. The van der Waals surface area contributed by atoms with Crippen molar-refractivity contribution in [3.05, 3.63) is 0 Å². The van der Waals surface area contributed by atoms with E-state index in [4.69, 9.17) is 0 Å². The third kappa shape index (κ3) is 5.31. The van der Waals surface area contributed by atoms with Crippen LogP contribution in [-0.4, -0.2) is 30.5 Å². The SMILES string of the molecule is CCC1CCC(CCCOCC(F)(F)F)(C(=O)O)CC1. The Morgan fingerprint density at radius 3 is 2.40 bits per heavy atom. The van der Waals surface area contributed by atoms with Crippen LogP contribution < -0.4 is 0 Å². The van der Waals surface area contributed by atoms with Gasteiger partial charge in [0.05, 0.1) is 5.41 Å². The Morgan fingerprint density at radius 1 is 1.35 bits per heavy atom. The fourth-order valence-electron chi connectivity index (χ4n) is 2.91. The Hall–Kier alpha value is -0.780. The zero-order chi connectivity index (χ0) is 15.2. The molecule has 0 aromatic carbocycles. The maximum atomic E-state index is 11.9. The molecule has 1 saturated carbocycles. The van der Waals surface area contributed by atoms with Crippen molar-refractivity contribution in [2.45, 2.75) is 58.0 Å². The number of carboxylic acids is 1. The van der Waals surface area contributed by atoms with Crippen LogP contribution in [0.2, 0.25) is 0 Å². The first kappa shape index (κ1) is 17.3. The van der Waals surface area contributed by atoms with Crippen LogP contribution in [0.3, 0.4) is 0 Å². The van der Waals surface area contributed by atoms with E-state index in [-0.39, 0.29) is 6.61 Å². The van der Waals surface area contributed by atoms with Crippen LogP contribution in [0.1, 0.15) is 51.9 Å². The van der Waals surface area contributed by atoms with E-state index in [9.17, 15) is 23.1 Å². The molecule has 1 N–H and O–H groups in total. The number of ether oxygens (including phenoxy) is 1. The average molecular weight is 296 g/mol. The number of rotatable bonds is 7. The van der Waals surface area contributed by atoms with E-state index in [0.29, 0.717) is 31.6 Å². The summed E-state index contributed by atoms with van der Waals surface area (Å²) in [5.41, 5.74) is -0.757. The molecule has 0 aliphatic heterocycles. The van der Waals surface area contributed by atoms with Gasteiger partial charge in [-0.15, -0.1) is 0 Å². The van der Waals surface area contributed by atoms with Gasteiger partial charge in [-0.2, -0.15) is 13.2 Å². The van der Waals surface area contributed by atoms with Gasteiger partial charge in [0.1, 0.15) is 6.61 Å². The molecule has 0 amide bonds. The molecular weight excluding hydrogens is 273 g/mol. The number of carbonyl (C=O) groups is 1. The number of hydrogen-bond donors (Lipinski definition) is 1. The molecule has 3 nitrogen and oxygen atoms in total. The largest absolute Gasteiger partial charge is 0.481 e.